The minimum absolute atomic E-state index is 0.231. The number of aromatic nitrogens is 3. The van der Waals surface area contributed by atoms with Gasteiger partial charge in [0.15, 0.2) is 17.1 Å². The highest BCUT2D eigenvalue weighted by Crippen LogP contribution is 2.41. The first-order valence-electron chi connectivity index (χ1n) is 9.97. The van der Waals surface area contributed by atoms with Gasteiger partial charge in [0, 0.05) is 31.7 Å². The molecule has 3 aromatic rings. The van der Waals surface area contributed by atoms with Crippen molar-refractivity contribution < 1.29 is 19.4 Å². The number of fused-ring (bicyclic) bond motifs is 2. The number of piperazine rings is 1. The molecule has 2 aliphatic heterocycles. The maximum Gasteiger partial charge on any atom is 0.305 e. The lowest BCUT2D eigenvalue weighted by Gasteiger charge is -2.28. The minimum Gasteiger partial charge on any atom is -0.481 e. The fraction of sp³-hybridized carbons (Fsp3) is 0.381. The summed E-state index contributed by atoms with van der Waals surface area (Å²) in [5.41, 5.74) is 2.67. The Kier molecular flexibility index (Phi) is 5.71. The number of para-hydroxylation sites is 1. The summed E-state index contributed by atoms with van der Waals surface area (Å²) in [6.45, 7) is 7.41. The summed E-state index contributed by atoms with van der Waals surface area (Å²) in [4.78, 5) is 16.5. The molecule has 2 aliphatic rings. The van der Waals surface area contributed by atoms with Gasteiger partial charge >= 0.3 is 5.97 Å². The Morgan fingerprint density at radius 3 is 2.67 bits per heavy atom. The second-order valence-electron chi connectivity index (χ2n) is 7.37. The Morgan fingerprint density at radius 2 is 1.93 bits per heavy atom. The van der Waals surface area contributed by atoms with Crippen molar-refractivity contribution in [1.29, 1.82) is 0 Å². The van der Waals surface area contributed by atoms with Crippen LogP contribution in [0.25, 0.3) is 16.9 Å². The SMILES string of the molecule is CC(C)C(=O)O.c1cc2c(c(-c3cnc4ccc(N5CCNCC5)nn34)c1)OCO2. The first-order valence-corrected chi connectivity index (χ1v) is 9.97. The number of hydrogen-bond acceptors (Lipinski definition) is 7. The van der Waals surface area contributed by atoms with Crippen molar-refractivity contribution in [3.63, 3.8) is 0 Å². The smallest absolute Gasteiger partial charge is 0.305 e. The average Bonchev–Trinajstić information content (AvgIpc) is 3.41. The van der Waals surface area contributed by atoms with E-state index in [9.17, 15) is 4.79 Å². The van der Waals surface area contributed by atoms with Crippen molar-refractivity contribution in [3.8, 4) is 22.8 Å². The van der Waals surface area contributed by atoms with Crippen LogP contribution in [0.5, 0.6) is 11.5 Å². The van der Waals surface area contributed by atoms with E-state index in [0.717, 1.165) is 60.4 Å². The molecule has 0 spiro atoms. The number of carboxylic acids is 1. The summed E-state index contributed by atoms with van der Waals surface area (Å²) >= 11 is 0. The van der Waals surface area contributed by atoms with E-state index in [0.29, 0.717) is 0 Å². The number of ether oxygens (including phenoxy) is 2. The fourth-order valence-corrected chi connectivity index (χ4v) is 3.24. The van der Waals surface area contributed by atoms with Gasteiger partial charge in [-0.1, -0.05) is 19.9 Å². The number of anilines is 1. The maximum atomic E-state index is 9.70. The molecule has 2 aromatic heterocycles. The third-order valence-corrected chi connectivity index (χ3v) is 4.96. The molecule has 0 amide bonds. The lowest BCUT2D eigenvalue weighted by molar-refractivity contribution is -0.140. The lowest BCUT2D eigenvalue weighted by atomic mass is 10.1. The zero-order chi connectivity index (χ0) is 21.1. The molecule has 4 heterocycles. The number of rotatable bonds is 3. The maximum absolute atomic E-state index is 9.70. The molecule has 158 valence electrons. The lowest BCUT2D eigenvalue weighted by Crippen LogP contribution is -2.44. The molecule has 5 rings (SSSR count). The second kappa shape index (κ2) is 8.58. The van der Waals surface area contributed by atoms with E-state index in [4.69, 9.17) is 19.7 Å². The van der Waals surface area contributed by atoms with Crippen LogP contribution in [0.15, 0.2) is 36.5 Å². The summed E-state index contributed by atoms with van der Waals surface area (Å²) < 4.78 is 13.0. The van der Waals surface area contributed by atoms with Crippen LogP contribution in [0.3, 0.4) is 0 Å². The zero-order valence-corrected chi connectivity index (χ0v) is 17.0. The Morgan fingerprint density at radius 1 is 1.17 bits per heavy atom. The number of nitrogens with one attached hydrogen (secondary N) is 1. The van der Waals surface area contributed by atoms with Crippen LogP contribution >= 0.6 is 0 Å². The molecule has 0 saturated carbocycles. The van der Waals surface area contributed by atoms with Gasteiger partial charge in [0.25, 0.3) is 0 Å². The van der Waals surface area contributed by atoms with Crippen molar-refractivity contribution in [2.45, 2.75) is 13.8 Å². The van der Waals surface area contributed by atoms with Crippen LogP contribution in [0.1, 0.15) is 13.8 Å². The van der Waals surface area contributed by atoms with E-state index in [1.54, 1.807) is 13.8 Å². The van der Waals surface area contributed by atoms with Gasteiger partial charge in [0.05, 0.1) is 17.8 Å². The summed E-state index contributed by atoms with van der Waals surface area (Å²) in [6, 6.07) is 9.92. The van der Waals surface area contributed by atoms with E-state index < -0.39 is 5.97 Å². The monoisotopic (exact) mass is 411 g/mol. The van der Waals surface area contributed by atoms with Gasteiger partial charge in [-0.25, -0.2) is 9.50 Å². The van der Waals surface area contributed by atoms with E-state index in [1.165, 1.54) is 0 Å². The van der Waals surface area contributed by atoms with Gasteiger partial charge in [0.1, 0.15) is 5.82 Å². The average molecular weight is 411 g/mol. The molecule has 0 bridgehead atoms. The highest BCUT2D eigenvalue weighted by Gasteiger charge is 2.21. The number of aliphatic carboxylic acids is 1. The Bertz CT molecular complexity index is 1040. The van der Waals surface area contributed by atoms with Crippen LogP contribution in [-0.2, 0) is 4.79 Å². The molecule has 1 fully saturated rings. The van der Waals surface area contributed by atoms with Crippen molar-refractivity contribution in [1.82, 2.24) is 19.9 Å². The molecule has 2 N–H and O–H groups in total. The second-order valence-corrected chi connectivity index (χ2v) is 7.37. The third kappa shape index (κ3) is 4.02. The molecule has 30 heavy (non-hydrogen) atoms. The van der Waals surface area contributed by atoms with Gasteiger partial charge < -0.3 is 24.8 Å². The first kappa shape index (κ1) is 20.0. The molecule has 1 saturated heterocycles. The topological polar surface area (TPSA) is 101 Å². The van der Waals surface area contributed by atoms with E-state index in [2.05, 4.69) is 15.2 Å². The van der Waals surface area contributed by atoms with Crippen molar-refractivity contribution >= 4 is 17.4 Å². The third-order valence-electron chi connectivity index (χ3n) is 4.96. The fourth-order valence-electron chi connectivity index (χ4n) is 3.24. The van der Waals surface area contributed by atoms with Crippen LogP contribution < -0.4 is 19.7 Å². The molecule has 0 aliphatic carbocycles. The number of carboxylic acid groups (broad SMARTS) is 1. The van der Waals surface area contributed by atoms with Crippen LogP contribution in [0.4, 0.5) is 5.82 Å². The van der Waals surface area contributed by atoms with Crippen LogP contribution in [-0.4, -0.2) is 58.6 Å². The molecular formula is C21H25N5O4. The number of benzene rings is 1. The van der Waals surface area contributed by atoms with Crippen molar-refractivity contribution in [3.05, 3.63) is 36.5 Å². The van der Waals surface area contributed by atoms with Crippen molar-refractivity contribution in [2.24, 2.45) is 5.92 Å². The number of imidazole rings is 1. The van der Waals surface area contributed by atoms with Crippen LogP contribution in [0, 0.1) is 5.92 Å². The van der Waals surface area contributed by atoms with Crippen LogP contribution in [0.2, 0.25) is 0 Å². The molecule has 1 aromatic carbocycles. The van der Waals surface area contributed by atoms with Gasteiger partial charge in [-0.3, -0.25) is 4.79 Å². The zero-order valence-electron chi connectivity index (χ0n) is 17.0. The Labute approximate surface area is 174 Å². The molecule has 9 heteroatoms. The predicted molar refractivity (Wildman–Crippen MR) is 112 cm³/mol. The number of hydrogen-bond donors (Lipinski definition) is 2. The first-order chi connectivity index (χ1) is 14.5. The largest absolute Gasteiger partial charge is 0.481 e. The molecule has 0 radical (unpaired) electrons. The summed E-state index contributed by atoms with van der Waals surface area (Å²) in [5, 5.41) is 16.2. The molecule has 0 unspecified atom stereocenters. The van der Waals surface area contributed by atoms with E-state index in [1.807, 2.05) is 41.0 Å². The number of carbonyl (C=O) groups is 1. The normalized spacial score (nSPS) is 15.2. The minimum atomic E-state index is -0.741. The Hall–Kier alpha value is -3.33. The summed E-state index contributed by atoms with van der Waals surface area (Å²) in [6.07, 6.45) is 1.83. The molecule has 9 nitrogen and oxygen atoms in total. The van der Waals surface area contributed by atoms with Gasteiger partial charge in [0.2, 0.25) is 6.79 Å². The predicted octanol–water partition coefficient (Wildman–Crippen LogP) is 2.26. The number of nitrogens with zero attached hydrogens (tertiary/aromatic N) is 4. The standard InChI is InChI=1S/C17H17N5O2.C4H8O2/c1-2-12(17-14(3-1)23-11-24-17)13-10-19-15-4-5-16(20-22(13)15)21-8-6-18-7-9-21;1-3(2)4(5)6/h1-5,10,18H,6-9,11H2;3H,1-2H3,(H,5,6). The van der Waals surface area contributed by atoms with Crippen molar-refractivity contribution in [2.75, 3.05) is 37.9 Å². The van der Waals surface area contributed by atoms with E-state index in [-0.39, 0.29) is 12.7 Å². The molecular weight excluding hydrogens is 386 g/mol. The highest BCUT2D eigenvalue weighted by atomic mass is 16.7. The van der Waals surface area contributed by atoms with Gasteiger partial charge in [-0.15, -0.1) is 5.10 Å². The Balaban J connectivity index is 0.000000322. The molecule has 0 atom stereocenters. The van der Waals surface area contributed by atoms with Gasteiger partial charge in [-0.2, -0.15) is 0 Å². The summed E-state index contributed by atoms with van der Waals surface area (Å²) in [7, 11) is 0. The highest BCUT2D eigenvalue weighted by molar-refractivity contribution is 5.73. The quantitative estimate of drug-likeness (QED) is 0.677. The van der Waals surface area contributed by atoms with Gasteiger partial charge in [-0.05, 0) is 24.3 Å². The van der Waals surface area contributed by atoms with E-state index >= 15 is 0 Å². The summed E-state index contributed by atoms with van der Waals surface area (Å²) in [5.74, 6) is 1.52.